The Morgan fingerprint density at radius 3 is 1.48 bits per heavy atom. The van der Waals surface area contributed by atoms with Crippen LogP contribution in [0.15, 0.2) is 0 Å². The predicted octanol–water partition coefficient (Wildman–Crippen LogP) is 0.355. The summed E-state index contributed by atoms with van der Waals surface area (Å²) in [6.45, 7) is 6.95. The van der Waals surface area contributed by atoms with Crippen LogP contribution in [-0.4, -0.2) is 72.0 Å². The Labute approximate surface area is 127 Å². The number of hydrogen-bond acceptors (Lipinski definition) is 6. The van der Waals surface area contributed by atoms with Crippen molar-refractivity contribution in [3.05, 3.63) is 0 Å². The highest BCUT2D eigenvalue weighted by Crippen LogP contribution is 1.88. The molecule has 0 aromatic heterocycles. The average Bonchev–Trinajstić information content (AvgIpc) is 2.46. The van der Waals surface area contributed by atoms with E-state index in [0.29, 0.717) is 52.9 Å². The van der Waals surface area contributed by atoms with Gasteiger partial charge in [-0.05, 0) is 6.42 Å². The zero-order valence-electron chi connectivity index (χ0n) is 13.0. The van der Waals surface area contributed by atoms with Gasteiger partial charge in [-0.1, -0.05) is 13.3 Å². The van der Waals surface area contributed by atoms with Crippen molar-refractivity contribution in [3.8, 4) is 0 Å². The molecule has 0 saturated heterocycles. The summed E-state index contributed by atoms with van der Waals surface area (Å²) in [4.78, 5) is 10.4. The number of carbonyl (C=O) groups is 1. The van der Waals surface area contributed by atoms with Crippen LogP contribution in [0.1, 0.15) is 19.8 Å². The number of primary amides is 1. The third-order valence-corrected chi connectivity index (χ3v) is 2.37. The van der Waals surface area contributed by atoms with Crippen molar-refractivity contribution in [1.82, 2.24) is 0 Å². The van der Waals surface area contributed by atoms with Gasteiger partial charge in [-0.25, -0.2) is 0 Å². The number of nitrogens with two attached hydrogens (primary N) is 1. The molecule has 0 fully saturated rings. The lowest BCUT2D eigenvalue weighted by molar-refractivity contribution is -0.123. The maximum atomic E-state index is 10.4. The lowest BCUT2D eigenvalue weighted by atomic mass is 10.4. The van der Waals surface area contributed by atoms with Crippen molar-refractivity contribution < 1.29 is 28.5 Å². The van der Waals surface area contributed by atoms with E-state index in [4.69, 9.17) is 29.4 Å². The second kappa shape index (κ2) is 17.3. The highest BCUT2D eigenvalue weighted by atomic mass is 16.6. The Morgan fingerprint density at radius 2 is 1.10 bits per heavy atom. The Hall–Kier alpha value is -0.730. The quantitative estimate of drug-likeness (QED) is 0.390. The van der Waals surface area contributed by atoms with Gasteiger partial charge in [0, 0.05) is 6.61 Å². The van der Waals surface area contributed by atoms with Crippen molar-refractivity contribution in [3.63, 3.8) is 0 Å². The minimum absolute atomic E-state index is 0.0701. The highest BCUT2D eigenvalue weighted by Gasteiger charge is 1.95. The molecule has 0 unspecified atom stereocenters. The molecule has 0 heterocycles. The molecule has 0 aromatic rings. The van der Waals surface area contributed by atoms with Crippen LogP contribution in [0.2, 0.25) is 0 Å². The van der Waals surface area contributed by atoms with E-state index in [0.717, 1.165) is 19.4 Å². The molecule has 0 rings (SSSR count). The summed E-state index contributed by atoms with van der Waals surface area (Å²) in [5.74, 6) is -0.478. The smallest absolute Gasteiger partial charge is 0.243 e. The van der Waals surface area contributed by atoms with E-state index in [2.05, 4.69) is 6.92 Å². The van der Waals surface area contributed by atoms with Crippen LogP contribution in [-0.2, 0) is 28.5 Å². The molecule has 0 aliphatic heterocycles. The fourth-order valence-electron chi connectivity index (χ4n) is 1.30. The van der Waals surface area contributed by atoms with E-state index in [9.17, 15) is 4.79 Å². The van der Waals surface area contributed by atoms with Gasteiger partial charge in [-0.15, -0.1) is 0 Å². The van der Waals surface area contributed by atoms with Crippen molar-refractivity contribution in [1.29, 1.82) is 0 Å². The molecule has 7 nitrogen and oxygen atoms in total. The first kappa shape index (κ1) is 20.3. The highest BCUT2D eigenvalue weighted by molar-refractivity contribution is 5.74. The van der Waals surface area contributed by atoms with Gasteiger partial charge in [0.05, 0.1) is 52.9 Å². The van der Waals surface area contributed by atoms with Crippen molar-refractivity contribution >= 4 is 5.91 Å². The summed E-state index contributed by atoms with van der Waals surface area (Å²) in [6, 6.07) is 0. The van der Waals surface area contributed by atoms with Crippen molar-refractivity contribution in [2.75, 3.05) is 66.1 Å². The fraction of sp³-hybridized carbons (Fsp3) is 0.929. The SMILES string of the molecule is CCCCOCCOCCOCCOCCOCC(N)=O. The van der Waals surface area contributed by atoms with Crippen LogP contribution in [0.3, 0.4) is 0 Å². The number of ether oxygens (including phenoxy) is 5. The van der Waals surface area contributed by atoms with Gasteiger partial charge in [0.15, 0.2) is 0 Å². The average molecular weight is 307 g/mol. The summed E-state index contributed by atoms with van der Waals surface area (Å²) in [5, 5.41) is 0. The first-order valence-corrected chi connectivity index (χ1v) is 7.44. The number of amides is 1. The largest absolute Gasteiger partial charge is 0.379 e. The molecule has 0 aliphatic carbocycles. The van der Waals surface area contributed by atoms with Gasteiger partial charge >= 0.3 is 0 Å². The molecule has 0 radical (unpaired) electrons. The molecule has 0 aliphatic rings. The van der Waals surface area contributed by atoms with Gasteiger partial charge in [-0.2, -0.15) is 0 Å². The topological polar surface area (TPSA) is 89.2 Å². The second-order valence-corrected chi connectivity index (χ2v) is 4.32. The van der Waals surface area contributed by atoms with Gasteiger partial charge in [0.2, 0.25) is 5.91 Å². The summed E-state index contributed by atoms with van der Waals surface area (Å²) < 4.78 is 26.2. The maximum absolute atomic E-state index is 10.4. The molecule has 0 atom stereocenters. The zero-order valence-corrected chi connectivity index (χ0v) is 13.0. The number of carbonyl (C=O) groups excluding carboxylic acids is 1. The lowest BCUT2D eigenvalue weighted by Gasteiger charge is -2.07. The van der Waals surface area contributed by atoms with Crippen LogP contribution in [0.25, 0.3) is 0 Å². The molecule has 0 aromatic carbocycles. The second-order valence-electron chi connectivity index (χ2n) is 4.32. The number of hydrogen-bond donors (Lipinski definition) is 1. The summed E-state index contributed by atoms with van der Waals surface area (Å²) >= 11 is 0. The van der Waals surface area contributed by atoms with Crippen LogP contribution in [0, 0.1) is 0 Å². The summed E-state index contributed by atoms with van der Waals surface area (Å²) in [6.07, 6.45) is 2.24. The third-order valence-electron chi connectivity index (χ3n) is 2.37. The molecule has 7 heteroatoms. The molecule has 21 heavy (non-hydrogen) atoms. The fourth-order valence-corrected chi connectivity index (χ4v) is 1.30. The van der Waals surface area contributed by atoms with Gasteiger partial charge in [0.25, 0.3) is 0 Å². The van der Waals surface area contributed by atoms with Crippen molar-refractivity contribution in [2.45, 2.75) is 19.8 Å². The Morgan fingerprint density at radius 1 is 0.714 bits per heavy atom. The minimum Gasteiger partial charge on any atom is -0.379 e. The number of rotatable bonds is 17. The molecule has 126 valence electrons. The van der Waals surface area contributed by atoms with E-state index < -0.39 is 5.91 Å². The maximum Gasteiger partial charge on any atom is 0.243 e. The standard InChI is InChI=1S/C14H29NO6/c1-2-3-4-17-5-6-18-7-8-19-9-10-20-11-12-21-13-14(15)16/h2-13H2,1H3,(H2,15,16). The lowest BCUT2D eigenvalue weighted by Crippen LogP contribution is -2.20. The third kappa shape index (κ3) is 19.3. The van der Waals surface area contributed by atoms with Gasteiger partial charge < -0.3 is 29.4 Å². The molecule has 0 saturated carbocycles. The van der Waals surface area contributed by atoms with E-state index in [1.807, 2.05) is 0 Å². The molecular formula is C14H29NO6. The predicted molar refractivity (Wildman–Crippen MR) is 78.2 cm³/mol. The molecular weight excluding hydrogens is 278 g/mol. The molecule has 0 spiro atoms. The molecule has 0 bridgehead atoms. The van der Waals surface area contributed by atoms with Crippen LogP contribution in [0.4, 0.5) is 0 Å². The van der Waals surface area contributed by atoms with Crippen LogP contribution >= 0.6 is 0 Å². The first-order valence-electron chi connectivity index (χ1n) is 7.44. The summed E-state index contributed by atoms with van der Waals surface area (Å²) in [5.41, 5.74) is 4.91. The zero-order chi connectivity index (χ0) is 15.6. The monoisotopic (exact) mass is 307 g/mol. The Bertz CT molecular complexity index is 228. The Kier molecular flexibility index (Phi) is 16.7. The molecule has 2 N–H and O–H groups in total. The summed E-state index contributed by atoms with van der Waals surface area (Å²) in [7, 11) is 0. The van der Waals surface area contributed by atoms with E-state index in [1.165, 1.54) is 0 Å². The van der Waals surface area contributed by atoms with Crippen LogP contribution < -0.4 is 5.73 Å². The first-order chi connectivity index (χ1) is 10.3. The van der Waals surface area contributed by atoms with Crippen molar-refractivity contribution in [2.24, 2.45) is 5.73 Å². The minimum atomic E-state index is -0.478. The van der Waals surface area contributed by atoms with Crippen LogP contribution in [0.5, 0.6) is 0 Å². The van der Waals surface area contributed by atoms with Gasteiger partial charge in [-0.3, -0.25) is 4.79 Å². The van der Waals surface area contributed by atoms with E-state index in [-0.39, 0.29) is 6.61 Å². The van der Waals surface area contributed by atoms with Gasteiger partial charge in [0.1, 0.15) is 6.61 Å². The van der Waals surface area contributed by atoms with E-state index in [1.54, 1.807) is 0 Å². The number of unbranched alkanes of at least 4 members (excludes halogenated alkanes) is 1. The normalized spacial score (nSPS) is 10.9. The molecule has 1 amide bonds. The van der Waals surface area contributed by atoms with E-state index >= 15 is 0 Å². The Balaban J connectivity index is 2.95.